The first kappa shape index (κ1) is 17.0. The molecule has 0 aromatic heterocycles. The predicted octanol–water partition coefficient (Wildman–Crippen LogP) is 3.23. The Morgan fingerprint density at radius 3 is 2.72 bits per heavy atom. The van der Waals surface area contributed by atoms with Crippen LogP contribution in [0.3, 0.4) is 0 Å². The number of aryl methyl sites for hydroxylation is 1. The summed E-state index contributed by atoms with van der Waals surface area (Å²) in [6, 6.07) is 12.7. The summed E-state index contributed by atoms with van der Waals surface area (Å²) in [5, 5.41) is 13.5. The van der Waals surface area contributed by atoms with E-state index in [-0.39, 0.29) is 11.7 Å². The fraction of sp³-hybridized carbons (Fsp3) is 0.158. The summed E-state index contributed by atoms with van der Waals surface area (Å²) in [6.45, 7) is 2.03. The molecule has 0 unspecified atom stereocenters. The number of benzene rings is 2. The molecule has 0 atom stereocenters. The van der Waals surface area contributed by atoms with Gasteiger partial charge in [-0.25, -0.2) is 0 Å². The summed E-state index contributed by atoms with van der Waals surface area (Å²) in [4.78, 5) is 14.3. The number of anilines is 1. The lowest BCUT2D eigenvalue weighted by atomic mass is 10.1. The quantitative estimate of drug-likeness (QED) is 0.652. The van der Waals surface area contributed by atoms with E-state index < -0.39 is 0 Å². The van der Waals surface area contributed by atoms with E-state index in [1.807, 2.05) is 31.2 Å². The minimum Gasteiger partial charge on any atom is -0.504 e. The first-order valence-electron chi connectivity index (χ1n) is 7.87. The van der Waals surface area contributed by atoms with Gasteiger partial charge < -0.3 is 15.2 Å². The fourth-order valence-corrected chi connectivity index (χ4v) is 3.05. The number of carbonyl (C=O) groups excluding carboxylic acids is 1. The lowest BCUT2D eigenvalue weighted by molar-refractivity contribution is -0.113. The largest absolute Gasteiger partial charge is 0.504 e. The number of aromatic hydroxyl groups is 1. The maximum Gasteiger partial charge on any atom is 0.281 e. The highest BCUT2D eigenvalue weighted by Gasteiger charge is 2.33. The maximum atomic E-state index is 12.8. The number of hydrogen-bond donors (Lipinski definition) is 2. The van der Waals surface area contributed by atoms with Gasteiger partial charge in [0.05, 0.1) is 12.8 Å². The highest BCUT2D eigenvalue weighted by molar-refractivity contribution is 7.80. The first-order valence-corrected chi connectivity index (χ1v) is 8.28. The van der Waals surface area contributed by atoms with Crippen molar-refractivity contribution in [3.05, 3.63) is 59.3 Å². The Morgan fingerprint density at radius 2 is 2.00 bits per heavy atom. The van der Waals surface area contributed by atoms with Crippen LogP contribution in [0.1, 0.15) is 18.1 Å². The van der Waals surface area contributed by atoms with Gasteiger partial charge in [-0.3, -0.25) is 9.69 Å². The zero-order chi connectivity index (χ0) is 18.0. The number of carbonyl (C=O) groups is 1. The van der Waals surface area contributed by atoms with Gasteiger partial charge in [0.2, 0.25) is 0 Å². The molecule has 0 bridgehead atoms. The zero-order valence-electron chi connectivity index (χ0n) is 13.9. The molecule has 2 N–H and O–H groups in total. The number of phenolic OH excluding ortho intramolecular Hbond substituents is 1. The van der Waals surface area contributed by atoms with E-state index >= 15 is 0 Å². The Balaban J connectivity index is 1.99. The molecule has 1 heterocycles. The van der Waals surface area contributed by atoms with E-state index in [0.29, 0.717) is 22.1 Å². The SMILES string of the molecule is CCc1ccccc1N1C(=O)/C(=C/c2cccc(OC)c2O)NC1=S. The molecule has 3 rings (SSSR count). The van der Waals surface area contributed by atoms with Crippen molar-refractivity contribution in [2.75, 3.05) is 12.0 Å². The van der Waals surface area contributed by atoms with Gasteiger partial charge in [-0.1, -0.05) is 37.3 Å². The van der Waals surface area contributed by atoms with Crippen LogP contribution in [-0.2, 0) is 11.2 Å². The summed E-state index contributed by atoms with van der Waals surface area (Å²) >= 11 is 5.35. The third kappa shape index (κ3) is 3.08. The van der Waals surface area contributed by atoms with Crippen LogP contribution in [0.25, 0.3) is 6.08 Å². The number of phenols is 1. The van der Waals surface area contributed by atoms with Gasteiger partial charge in [-0.15, -0.1) is 0 Å². The third-order valence-electron chi connectivity index (χ3n) is 4.04. The highest BCUT2D eigenvalue weighted by Crippen LogP contribution is 2.32. The van der Waals surface area contributed by atoms with E-state index in [2.05, 4.69) is 5.32 Å². The Bertz CT molecular complexity index is 877. The maximum absolute atomic E-state index is 12.8. The number of methoxy groups -OCH3 is 1. The molecule has 25 heavy (non-hydrogen) atoms. The Morgan fingerprint density at radius 1 is 1.24 bits per heavy atom. The van der Waals surface area contributed by atoms with Crippen molar-refractivity contribution >= 4 is 35.0 Å². The van der Waals surface area contributed by atoms with Crippen molar-refractivity contribution < 1.29 is 14.6 Å². The molecule has 2 aromatic carbocycles. The molecule has 128 valence electrons. The molecule has 1 amide bonds. The lowest BCUT2D eigenvalue weighted by Gasteiger charge is -2.17. The van der Waals surface area contributed by atoms with E-state index in [1.54, 1.807) is 24.3 Å². The Hall–Kier alpha value is -2.86. The number of nitrogens with one attached hydrogen (secondary N) is 1. The topological polar surface area (TPSA) is 61.8 Å². The molecule has 0 aliphatic carbocycles. The highest BCUT2D eigenvalue weighted by atomic mass is 32.1. The first-order chi connectivity index (χ1) is 12.1. The van der Waals surface area contributed by atoms with Gasteiger partial charge >= 0.3 is 0 Å². The number of nitrogens with zero attached hydrogens (tertiary/aromatic N) is 1. The summed E-state index contributed by atoms with van der Waals surface area (Å²) in [5.41, 5.74) is 2.58. The molecule has 2 aromatic rings. The van der Waals surface area contributed by atoms with Gasteiger partial charge in [0, 0.05) is 5.56 Å². The smallest absolute Gasteiger partial charge is 0.281 e. The van der Waals surface area contributed by atoms with Crippen LogP contribution in [0, 0.1) is 0 Å². The molecule has 6 heteroatoms. The molecule has 1 aliphatic rings. The van der Waals surface area contributed by atoms with Crippen molar-refractivity contribution in [3.8, 4) is 11.5 Å². The van der Waals surface area contributed by atoms with Gasteiger partial charge in [-0.05, 0) is 42.4 Å². The van der Waals surface area contributed by atoms with Crippen molar-refractivity contribution in [2.45, 2.75) is 13.3 Å². The number of rotatable bonds is 4. The molecule has 0 saturated carbocycles. The van der Waals surface area contributed by atoms with Crippen molar-refractivity contribution in [1.29, 1.82) is 0 Å². The summed E-state index contributed by atoms with van der Waals surface area (Å²) in [7, 11) is 1.48. The fourth-order valence-electron chi connectivity index (χ4n) is 2.76. The Kier molecular flexibility index (Phi) is 4.72. The molecule has 1 aliphatic heterocycles. The second kappa shape index (κ2) is 6.94. The van der Waals surface area contributed by atoms with E-state index in [0.717, 1.165) is 17.7 Å². The van der Waals surface area contributed by atoms with Crippen molar-refractivity contribution in [1.82, 2.24) is 5.32 Å². The summed E-state index contributed by atoms with van der Waals surface area (Å²) in [5.74, 6) is 0.0640. The number of ether oxygens (including phenoxy) is 1. The Labute approximate surface area is 151 Å². The van der Waals surface area contributed by atoms with Crippen molar-refractivity contribution in [3.63, 3.8) is 0 Å². The van der Waals surface area contributed by atoms with Crippen LogP contribution in [0.2, 0.25) is 0 Å². The summed E-state index contributed by atoms with van der Waals surface area (Å²) < 4.78 is 5.10. The molecular formula is C19H18N2O3S. The van der Waals surface area contributed by atoms with E-state index in [9.17, 15) is 9.90 Å². The molecule has 0 radical (unpaired) electrons. The summed E-state index contributed by atoms with van der Waals surface area (Å²) in [6.07, 6.45) is 2.36. The number of amides is 1. The van der Waals surface area contributed by atoms with Crippen LogP contribution < -0.4 is 15.0 Å². The second-order valence-corrected chi connectivity index (χ2v) is 5.90. The normalized spacial score (nSPS) is 15.6. The van der Waals surface area contributed by atoms with Crippen molar-refractivity contribution in [2.24, 2.45) is 0 Å². The number of thiocarbonyl (C=S) groups is 1. The van der Waals surface area contributed by atoms with Gasteiger partial charge in [0.1, 0.15) is 5.70 Å². The van der Waals surface area contributed by atoms with Crippen LogP contribution in [-0.4, -0.2) is 23.2 Å². The average Bonchev–Trinajstić information content (AvgIpc) is 2.90. The molecule has 1 fully saturated rings. The lowest BCUT2D eigenvalue weighted by Crippen LogP contribution is -2.31. The minimum atomic E-state index is -0.256. The monoisotopic (exact) mass is 354 g/mol. The third-order valence-corrected chi connectivity index (χ3v) is 4.33. The standard InChI is InChI=1S/C19H18N2O3S/c1-3-12-7-4-5-9-15(12)21-18(23)14(20-19(21)25)11-13-8-6-10-16(24-2)17(13)22/h4-11,22H,3H2,1-2H3,(H,20,25)/b14-11-. The molecule has 1 saturated heterocycles. The van der Waals surface area contributed by atoms with Crippen LogP contribution in [0.5, 0.6) is 11.5 Å². The predicted molar refractivity (Wildman–Crippen MR) is 102 cm³/mol. The minimum absolute atomic E-state index is 0.0228. The second-order valence-electron chi connectivity index (χ2n) is 5.51. The van der Waals surface area contributed by atoms with Gasteiger partial charge in [0.25, 0.3) is 5.91 Å². The molecular weight excluding hydrogens is 336 g/mol. The van der Waals surface area contributed by atoms with E-state index in [4.69, 9.17) is 17.0 Å². The molecule has 5 nitrogen and oxygen atoms in total. The average molecular weight is 354 g/mol. The van der Waals surface area contributed by atoms with Crippen LogP contribution in [0.15, 0.2) is 48.2 Å². The van der Waals surface area contributed by atoms with Gasteiger partial charge in [-0.2, -0.15) is 0 Å². The van der Waals surface area contributed by atoms with Crippen LogP contribution in [0.4, 0.5) is 5.69 Å². The number of hydrogen-bond acceptors (Lipinski definition) is 4. The van der Waals surface area contributed by atoms with E-state index in [1.165, 1.54) is 12.0 Å². The number of para-hydroxylation sites is 2. The molecule has 0 spiro atoms. The van der Waals surface area contributed by atoms with Gasteiger partial charge in [0.15, 0.2) is 16.6 Å². The zero-order valence-corrected chi connectivity index (χ0v) is 14.8. The van der Waals surface area contributed by atoms with Crippen LogP contribution >= 0.6 is 12.2 Å².